The first kappa shape index (κ1) is 15.8. The van der Waals surface area contributed by atoms with Gasteiger partial charge in [0.15, 0.2) is 11.6 Å². The Bertz CT molecular complexity index is 564. The molecule has 0 bridgehead atoms. The Hall–Kier alpha value is -2.05. The predicted molar refractivity (Wildman–Crippen MR) is 89.6 cm³/mol. The monoisotopic (exact) mass is 319 g/mol. The quantitative estimate of drug-likeness (QED) is 0.873. The Morgan fingerprint density at radius 2 is 1.57 bits per heavy atom. The average Bonchev–Trinajstić information content (AvgIpc) is 2.56. The minimum atomic E-state index is -0.705. The molecule has 2 saturated heterocycles. The van der Waals surface area contributed by atoms with E-state index < -0.39 is 5.97 Å². The smallest absolute Gasteiger partial charge is 0.306 e. The Morgan fingerprint density at radius 3 is 2.04 bits per heavy atom. The van der Waals surface area contributed by atoms with Gasteiger partial charge >= 0.3 is 5.97 Å². The van der Waals surface area contributed by atoms with E-state index in [1.165, 1.54) is 0 Å². The Kier molecular flexibility index (Phi) is 4.54. The number of anilines is 3. The van der Waals surface area contributed by atoms with Crippen LogP contribution in [0, 0.1) is 11.8 Å². The van der Waals surface area contributed by atoms with Gasteiger partial charge in [-0.25, -0.2) is 9.97 Å². The molecule has 126 valence electrons. The van der Waals surface area contributed by atoms with Crippen LogP contribution in [0.2, 0.25) is 0 Å². The van der Waals surface area contributed by atoms with E-state index in [1.807, 2.05) is 0 Å². The highest BCUT2D eigenvalue weighted by Crippen LogP contribution is 2.33. The van der Waals surface area contributed by atoms with Gasteiger partial charge in [-0.3, -0.25) is 4.79 Å². The third-order valence-electron chi connectivity index (χ3n) is 5.07. The molecule has 3 heterocycles. The van der Waals surface area contributed by atoms with Crippen LogP contribution < -0.4 is 15.5 Å². The second-order valence-electron chi connectivity index (χ2n) is 6.70. The fourth-order valence-corrected chi connectivity index (χ4v) is 3.44. The Balaban J connectivity index is 1.74. The molecular weight excluding hydrogens is 294 g/mol. The molecule has 2 aliphatic rings. The fourth-order valence-electron chi connectivity index (χ4n) is 3.44. The van der Waals surface area contributed by atoms with Crippen LogP contribution in [0.5, 0.6) is 0 Å². The van der Waals surface area contributed by atoms with Gasteiger partial charge in [0.05, 0.1) is 5.92 Å². The highest BCUT2D eigenvalue weighted by Gasteiger charge is 2.28. The summed E-state index contributed by atoms with van der Waals surface area (Å²) in [6.07, 6.45) is 5.15. The number of hydrogen-bond acceptors (Lipinski definition) is 6. The van der Waals surface area contributed by atoms with E-state index in [0.717, 1.165) is 43.5 Å². The number of piperidine rings is 2. The number of hydrogen-bond donors (Lipinski definition) is 2. The van der Waals surface area contributed by atoms with Gasteiger partial charge in [0.25, 0.3) is 0 Å². The van der Waals surface area contributed by atoms with Crippen molar-refractivity contribution in [2.45, 2.75) is 32.6 Å². The third-order valence-corrected chi connectivity index (χ3v) is 5.07. The second-order valence-corrected chi connectivity index (χ2v) is 6.70. The van der Waals surface area contributed by atoms with Crippen molar-refractivity contribution in [3.8, 4) is 0 Å². The summed E-state index contributed by atoms with van der Waals surface area (Å²) in [4.78, 5) is 24.2. The van der Waals surface area contributed by atoms with Gasteiger partial charge in [-0.1, -0.05) is 6.92 Å². The fraction of sp³-hybridized carbons (Fsp3) is 0.688. The minimum absolute atomic E-state index is 0.252. The number of aromatic nitrogens is 2. The molecule has 1 aromatic rings. The molecule has 0 saturated carbocycles. The first-order chi connectivity index (χ1) is 11.1. The lowest BCUT2D eigenvalue weighted by Crippen LogP contribution is -2.38. The van der Waals surface area contributed by atoms with Crippen LogP contribution in [0.4, 0.5) is 17.3 Å². The highest BCUT2D eigenvalue weighted by molar-refractivity contribution is 5.76. The molecular formula is C16H25N5O2. The molecule has 0 aromatic carbocycles. The molecule has 3 rings (SSSR count). The number of nitrogen functional groups attached to an aromatic ring is 1. The number of carbonyl (C=O) groups is 1. The zero-order chi connectivity index (χ0) is 16.4. The zero-order valence-electron chi connectivity index (χ0n) is 13.6. The molecule has 0 atom stereocenters. The number of aliphatic carboxylic acids is 1. The number of rotatable bonds is 3. The Morgan fingerprint density at radius 1 is 1.09 bits per heavy atom. The van der Waals surface area contributed by atoms with Gasteiger partial charge in [-0.15, -0.1) is 0 Å². The van der Waals surface area contributed by atoms with Gasteiger partial charge in [-0.2, -0.15) is 0 Å². The predicted octanol–water partition coefficient (Wildman–Crippen LogP) is 1.60. The third kappa shape index (κ3) is 3.33. The standard InChI is InChI=1S/C16H25N5O2/c1-11-2-6-20(7-3-11)14-13(17)15(19-10-18-14)21-8-4-12(5-9-21)16(22)23/h10-12H,2-9,17H2,1H3,(H,22,23). The number of nitrogens with two attached hydrogens (primary N) is 1. The van der Waals surface area contributed by atoms with E-state index in [-0.39, 0.29) is 5.92 Å². The van der Waals surface area contributed by atoms with E-state index in [4.69, 9.17) is 10.8 Å². The average molecular weight is 319 g/mol. The van der Waals surface area contributed by atoms with Gasteiger partial charge < -0.3 is 20.6 Å². The minimum Gasteiger partial charge on any atom is -0.481 e. The molecule has 0 spiro atoms. The summed E-state index contributed by atoms with van der Waals surface area (Å²) in [5, 5.41) is 9.11. The SMILES string of the molecule is CC1CCN(c2ncnc(N3CCC(C(=O)O)CC3)c2N)CC1. The van der Waals surface area contributed by atoms with Crippen LogP contribution in [0.15, 0.2) is 6.33 Å². The molecule has 23 heavy (non-hydrogen) atoms. The van der Waals surface area contributed by atoms with Crippen LogP contribution in [0.1, 0.15) is 32.6 Å². The van der Waals surface area contributed by atoms with Crippen molar-refractivity contribution in [3.05, 3.63) is 6.33 Å². The molecule has 1 aromatic heterocycles. The zero-order valence-corrected chi connectivity index (χ0v) is 13.6. The molecule has 2 aliphatic heterocycles. The topological polar surface area (TPSA) is 95.6 Å². The lowest BCUT2D eigenvalue weighted by atomic mass is 9.97. The first-order valence-corrected chi connectivity index (χ1v) is 8.39. The number of nitrogens with zero attached hydrogens (tertiary/aromatic N) is 4. The van der Waals surface area contributed by atoms with Crippen LogP contribution in [0.3, 0.4) is 0 Å². The van der Waals surface area contributed by atoms with Crippen LogP contribution >= 0.6 is 0 Å². The van der Waals surface area contributed by atoms with Crippen LogP contribution in [-0.4, -0.2) is 47.2 Å². The number of carboxylic acid groups (broad SMARTS) is 1. The molecule has 2 fully saturated rings. The molecule has 0 unspecified atom stereocenters. The maximum absolute atomic E-state index is 11.1. The molecule has 0 radical (unpaired) electrons. The molecule has 0 amide bonds. The largest absolute Gasteiger partial charge is 0.481 e. The molecule has 0 aliphatic carbocycles. The van der Waals surface area contributed by atoms with Crippen molar-refractivity contribution in [1.29, 1.82) is 0 Å². The molecule has 3 N–H and O–H groups in total. The van der Waals surface area contributed by atoms with E-state index in [2.05, 4.69) is 26.7 Å². The van der Waals surface area contributed by atoms with Crippen molar-refractivity contribution in [2.24, 2.45) is 11.8 Å². The first-order valence-electron chi connectivity index (χ1n) is 8.39. The lowest BCUT2D eigenvalue weighted by Gasteiger charge is -2.34. The summed E-state index contributed by atoms with van der Waals surface area (Å²) < 4.78 is 0. The van der Waals surface area contributed by atoms with Crippen LogP contribution in [-0.2, 0) is 4.79 Å². The number of carboxylic acids is 1. The summed E-state index contributed by atoms with van der Waals surface area (Å²) in [6, 6.07) is 0. The summed E-state index contributed by atoms with van der Waals surface area (Å²) >= 11 is 0. The summed E-state index contributed by atoms with van der Waals surface area (Å²) in [5.41, 5.74) is 6.97. The molecule has 7 heteroatoms. The van der Waals surface area contributed by atoms with Gasteiger partial charge in [0, 0.05) is 26.2 Å². The van der Waals surface area contributed by atoms with Crippen molar-refractivity contribution in [2.75, 3.05) is 41.7 Å². The van der Waals surface area contributed by atoms with Crippen molar-refractivity contribution < 1.29 is 9.90 Å². The van der Waals surface area contributed by atoms with Crippen molar-refractivity contribution >= 4 is 23.3 Å². The maximum atomic E-state index is 11.1. The van der Waals surface area contributed by atoms with Crippen molar-refractivity contribution in [1.82, 2.24) is 9.97 Å². The normalized spacial score (nSPS) is 20.7. The maximum Gasteiger partial charge on any atom is 0.306 e. The summed E-state index contributed by atoms with van der Waals surface area (Å²) in [6.45, 7) is 5.58. The second kappa shape index (κ2) is 6.60. The van der Waals surface area contributed by atoms with Crippen LogP contribution in [0.25, 0.3) is 0 Å². The van der Waals surface area contributed by atoms with E-state index >= 15 is 0 Å². The van der Waals surface area contributed by atoms with E-state index in [0.29, 0.717) is 31.6 Å². The lowest BCUT2D eigenvalue weighted by molar-refractivity contribution is -0.142. The van der Waals surface area contributed by atoms with E-state index in [1.54, 1.807) is 6.33 Å². The van der Waals surface area contributed by atoms with Gasteiger partial charge in [0.1, 0.15) is 12.0 Å². The highest BCUT2D eigenvalue weighted by atomic mass is 16.4. The Labute approximate surface area is 136 Å². The summed E-state index contributed by atoms with van der Waals surface area (Å²) in [5.74, 6) is 1.37. The van der Waals surface area contributed by atoms with Crippen molar-refractivity contribution in [3.63, 3.8) is 0 Å². The molecule has 7 nitrogen and oxygen atoms in total. The van der Waals surface area contributed by atoms with Gasteiger partial charge in [0.2, 0.25) is 0 Å². The summed E-state index contributed by atoms with van der Waals surface area (Å²) in [7, 11) is 0. The van der Waals surface area contributed by atoms with Gasteiger partial charge in [-0.05, 0) is 31.6 Å². The van der Waals surface area contributed by atoms with E-state index in [9.17, 15) is 4.79 Å².